The Morgan fingerprint density at radius 2 is 1.46 bits per heavy atom. The summed E-state index contributed by atoms with van der Waals surface area (Å²) in [5, 5.41) is 4.49. The summed E-state index contributed by atoms with van der Waals surface area (Å²) in [5.74, 6) is 1.55. The Bertz CT molecular complexity index is 1050. The molecule has 130 valence electrons. The maximum atomic E-state index is 4.80. The third-order valence-electron chi connectivity index (χ3n) is 4.40. The largest absolute Gasteiger partial charge is 1.00 e. The first-order chi connectivity index (χ1) is 12.2. The Labute approximate surface area is 159 Å². The summed E-state index contributed by atoms with van der Waals surface area (Å²) in [6.45, 7) is 4.24. The molecule has 0 aliphatic heterocycles. The topological polar surface area (TPSA) is 37.8 Å². The van der Waals surface area contributed by atoms with Crippen LogP contribution in [0.4, 0.5) is 11.5 Å². The molecule has 0 aliphatic carbocycles. The number of nitrogens with zero attached hydrogens (tertiary/aromatic N) is 2. The number of benzene rings is 3. The second-order valence-corrected chi connectivity index (χ2v) is 6.20. The van der Waals surface area contributed by atoms with E-state index in [0.29, 0.717) is 0 Å². The van der Waals surface area contributed by atoms with E-state index in [9.17, 15) is 0 Å². The predicted molar refractivity (Wildman–Crippen MR) is 104 cm³/mol. The van der Waals surface area contributed by atoms with Crippen molar-refractivity contribution >= 4 is 22.4 Å². The van der Waals surface area contributed by atoms with E-state index in [1.807, 2.05) is 54.6 Å². The molecule has 0 radical (unpaired) electrons. The van der Waals surface area contributed by atoms with E-state index in [2.05, 4.69) is 37.4 Å². The first kappa shape index (κ1) is 17.9. The molecule has 3 nitrogen and oxygen atoms in total. The lowest BCUT2D eigenvalue weighted by molar-refractivity contribution is -0.00000516. The van der Waals surface area contributed by atoms with Crippen LogP contribution in [0.3, 0.4) is 0 Å². The molecule has 0 amide bonds. The van der Waals surface area contributed by atoms with Crippen LogP contribution in [0.5, 0.6) is 0 Å². The van der Waals surface area contributed by atoms with Crippen molar-refractivity contribution in [3.8, 4) is 11.4 Å². The van der Waals surface area contributed by atoms with Crippen molar-refractivity contribution in [2.45, 2.75) is 13.8 Å². The zero-order valence-electron chi connectivity index (χ0n) is 14.7. The average Bonchev–Trinajstić information content (AvgIpc) is 2.65. The van der Waals surface area contributed by atoms with Crippen LogP contribution in [-0.2, 0) is 0 Å². The molecule has 1 aromatic heterocycles. The average molecular weight is 361 g/mol. The van der Waals surface area contributed by atoms with Crippen LogP contribution >= 0.6 is 0 Å². The first-order valence-electron chi connectivity index (χ1n) is 8.37. The SMILES string of the molecule is Cc1ccc(Nc2nc(-c3ccccc3)nc3ccccc23)cc1C.[Cl-]. The van der Waals surface area contributed by atoms with Gasteiger partial charge in [0.25, 0.3) is 0 Å². The molecule has 0 saturated carbocycles. The second-order valence-electron chi connectivity index (χ2n) is 6.20. The first-order valence-corrected chi connectivity index (χ1v) is 8.37. The molecule has 0 spiro atoms. The van der Waals surface area contributed by atoms with Crippen molar-refractivity contribution in [1.82, 2.24) is 9.97 Å². The highest BCUT2D eigenvalue weighted by atomic mass is 35.5. The lowest BCUT2D eigenvalue weighted by Crippen LogP contribution is -3.00. The van der Waals surface area contributed by atoms with Gasteiger partial charge in [-0.3, -0.25) is 0 Å². The Hall–Kier alpha value is -2.91. The number of rotatable bonds is 3. The molecule has 1 N–H and O–H groups in total. The highest BCUT2D eigenvalue weighted by molar-refractivity contribution is 5.92. The minimum absolute atomic E-state index is 0. The summed E-state index contributed by atoms with van der Waals surface area (Å²) in [7, 11) is 0. The quantitative estimate of drug-likeness (QED) is 0.610. The number of aromatic nitrogens is 2. The highest BCUT2D eigenvalue weighted by Crippen LogP contribution is 2.27. The fourth-order valence-corrected chi connectivity index (χ4v) is 2.84. The Kier molecular flexibility index (Phi) is 5.19. The predicted octanol–water partition coefficient (Wildman–Crippen LogP) is 2.66. The lowest BCUT2D eigenvalue weighted by Gasteiger charge is -2.12. The van der Waals surface area contributed by atoms with E-state index in [1.54, 1.807) is 0 Å². The van der Waals surface area contributed by atoms with Crippen molar-refractivity contribution in [3.05, 3.63) is 83.9 Å². The van der Waals surface area contributed by atoms with Gasteiger partial charge in [-0.1, -0.05) is 48.5 Å². The van der Waals surface area contributed by atoms with Crippen LogP contribution in [-0.4, -0.2) is 9.97 Å². The Morgan fingerprint density at radius 3 is 2.23 bits per heavy atom. The van der Waals surface area contributed by atoms with Crippen molar-refractivity contribution in [2.24, 2.45) is 0 Å². The van der Waals surface area contributed by atoms with Crippen LogP contribution in [0.1, 0.15) is 11.1 Å². The zero-order valence-corrected chi connectivity index (χ0v) is 15.5. The number of fused-ring (bicyclic) bond motifs is 1. The fourth-order valence-electron chi connectivity index (χ4n) is 2.84. The van der Waals surface area contributed by atoms with Gasteiger partial charge in [0.05, 0.1) is 5.52 Å². The van der Waals surface area contributed by atoms with E-state index in [-0.39, 0.29) is 12.4 Å². The van der Waals surface area contributed by atoms with Gasteiger partial charge in [0.1, 0.15) is 5.82 Å². The van der Waals surface area contributed by atoms with Crippen molar-refractivity contribution in [1.29, 1.82) is 0 Å². The third-order valence-corrected chi connectivity index (χ3v) is 4.40. The number of para-hydroxylation sites is 1. The van der Waals surface area contributed by atoms with Gasteiger partial charge in [-0.05, 0) is 49.2 Å². The number of anilines is 2. The molecular weight excluding hydrogens is 342 g/mol. The van der Waals surface area contributed by atoms with E-state index in [4.69, 9.17) is 9.97 Å². The number of hydrogen-bond donors (Lipinski definition) is 1. The summed E-state index contributed by atoms with van der Waals surface area (Å²) in [4.78, 5) is 9.52. The molecule has 26 heavy (non-hydrogen) atoms. The minimum atomic E-state index is 0. The smallest absolute Gasteiger partial charge is 0.162 e. The van der Waals surface area contributed by atoms with Gasteiger partial charge in [-0.25, -0.2) is 9.97 Å². The maximum absolute atomic E-state index is 4.80. The summed E-state index contributed by atoms with van der Waals surface area (Å²) >= 11 is 0. The van der Waals surface area contributed by atoms with Gasteiger partial charge in [-0.2, -0.15) is 0 Å². The van der Waals surface area contributed by atoms with Gasteiger partial charge in [-0.15, -0.1) is 0 Å². The van der Waals surface area contributed by atoms with Gasteiger partial charge >= 0.3 is 0 Å². The molecule has 0 fully saturated rings. The van der Waals surface area contributed by atoms with Crippen LogP contribution < -0.4 is 17.7 Å². The number of halogens is 1. The molecular formula is C22H19ClN3-. The molecule has 0 bridgehead atoms. The highest BCUT2D eigenvalue weighted by Gasteiger charge is 2.09. The molecule has 0 aliphatic rings. The minimum Gasteiger partial charge on any atom is -1.00 e. The van der Waals surface area contributed by atoms with Gasteiger partial charge in [0.15, 0.2) is 5.82 Å². The van der Waals surface area contributed by atoms with E-state index in [1.165, 1.54) is 11.1 Å². The fraction of sp³-hybridized carbons (Fsp3) is 0.0909. The summed E-state index contributed by atoms with van der Waals surface area (Å²) < 4.78 is 0. The van der Waals surface area contributed by atoms with E-state index < -0.39 is 0 Å². The summed E-state index contributed by atoms with van der Waals surface area (Å²) in [5.41, 5.74) is 5.51. The molecule has 0 atom stereocenters. The molecule has 4 heteroatoms. The standard InChI is InChI=1S/C22H19N3.ClH/c1-15-12-13-18(14-16(15)2)23-22-19-10-6-7-11-20(19)24-21(25-22)17-8-4-3-5-9-17;/h3-14H,1-2H3,(H,23,24,25);1H/p-1. The molecule has 4 rings (SSSR count). The van der Waals surface area contributed by atoms with Crippen LogP contribution in [0.25, 0.3) is 22.3 Å². The monoisotopic (exact) mass is 360 g/mol. The van der Waals surface area contributed by atoms with Crippen molar-refractivity contribution < 1.29 is 12.4 Å². The zero-order chi connectivity index (χ0) is 17.2. The Morgan fingerprint density at radius 1 is 0.731 bits per heavy atom. The lowest BCUT2D eigenvalue weighted by atomic mass is 10.1. The van der Waals surface area contributed by atoms with Crippen LogP contribution in [0, 0.1) is 13.8 Å². The summed E-state index contributed by atoms with van der Waals surface area (Å²) in [6, 6.07) is 24.5. The van der Waals surface area contributed by atoms with Gasteiger partial charge in [0.2, 0.25) is 0 Å². The molecule has 0 saturated heterocycles. The molecule has 0 unspecified atom stereocenters. The van der Waals surface area contributed by atoms with Crippen molar-refractivity contribution in [2.75, 3.05) is 5.32 Å². The van der Waals surface area contributed by atoms with Gasteiger partial charge in [0, 0.05) is 16.6 Å². The molecule has 4 aromatic rings. The van der Waals surface area contributed by atoms with E-state index >= 15 is 0 Å². The number of hydrogen-bond acceptors (Lipinski definition) is 3. The third kappa shape index (κ3) is 3.53. The van der Waals surface area contributed by atoms with Crippen LogP contribution in [0.15, 0.2) is 72.8 Å². The normalized spacial score (nSPS) is 10.4. The maximum Gasteiger partial charge on any atom is 0.162 e. The van der Waals surface area contributed by atoms with Gasteiger partial charge < -0.3 is 17.7 Å². The molecule has 1 heterocycles. The van der Waals surface area contributed by atoms with Crippen LogP contribution in [0.2, 0.25) is 0 Å². The second kappa shape index (κ2) is 7.54. The summed E-state index contributed by atoms with van der Waals surface area (Å²) in [6.07, 6.45) is 0. The number of aryl methyl sites for hydroxylation is 2. The van der Waals surface area contributed by atoms with Crippen molar-refractivity contribution in [3.63, 3.8) is 0 Å². The van der Waals surface area contributed by atoms with E-state index in [0.717, 1.165) is 33.8 Å². The molecule has 3 aromatic carbocycles. The number of nitrogens with one attached hydrogen (secondary N) is 1. The Balaban J connectivity index is 0.00000196.